The van der Waals surface area contributed by atoms with E-state index in [1.807, 2.05) is 12.3 Å². The maximum absolute atomic E-state index is 12.7. The first-order valence-corrected chi connectivity index (χ1v) is 17.3. The van der Waals surface area contributed by atoms with Gasteiger partial charge in [0.15, 0.2) is 11.5 Å². The van der Waals surface area contributed by atoms with Crippen molar-refractivity contribution >= 4 is 15.6 Å². The highest BCUT2D eigenvalue weighted by molar-refractivity contribution is 7.90. The van der Waals surface area contributed by atoms with Crippen LogP contribution in [0.15, 0.2) is 48.7 Å². The molecule has 0 radical (unpaired) electrons. The summed E-state index contributed by atoms with van der Waals surface area (Å²) in [6.45, 7) is 2.07. The lowest BCUT2D eigenvalue weighted by Crippen LogP contribution is -2.50. The monoisotopic (exact) mass is 618 g/mol. The van der Waals surface area contributed by atoms with Crippen molar-refractivity contribution in [2.75, 3.05) is 20.6 Å². The van der Waals surface area contributed by atoms with Crippen LogP contribution in [0.25, 0.3) is 17.0 Å². The summed E-state index contributed by atoms with van der Waals surface area (Å²) in [6.07, 6.45) is 17.9. The highest BCUT2D eigenvalue weighted by atomic mass is 32.2. The SMILES string of the molecule is CN(C)CC1CCC(NC2=CC(N)(c3ccnc(-c4cnn(S(=O)(=O)C5CC5)c4)n3)NC=C2c2cc3n(n2)CCCC3)CC1. The zero-order chi connectivity index (χ0) is 30.5. The second-order valence-electron chi connectivity index (χ2n) is 13.1. The fourth-order valence-corrected chi connectivity index (χ4v) is 8.15. The summed E-state index contributed by atoms with van der Waals surface area (Å²) in [6, 6.07) is 4.33. The smallest absolute Gasteiger partial charge is 0.256 e. The molecule has 0 amide bonds. The zero-order valence-electron chi connectivity index (χ0n) is 25.5. The molecular weight excluding hydrogens is 576 g/mol. The van der Waals surface area contributed by atoms with Crippen molar-refractivity contribution in [3.05, 3.63) is 65.8 Å². The summed E-state index contributed by atoms with van der Waals surface area (Å²) in [7, 11) is 0.809. The third kappa shape index (κ3) is 5.80. The summed E-state index contributed by atoms with van der Waals surface area (Å²) >= 11 is 0. The minimum Gasteiger partial charge on any atom is -0.382 e. The molecule has 1 atom stereocenters. The Kier molecular flexibility index (Phi) is 7.58. The van der Waals surface area contributed by atoms with Crippen molar-refractivity contribution < 1.29 is 8.42 Å². The molecule has 2 fully saturated rings. The summed E-state index contributed by atoms with van der Waals surface area (Å²) in [4.78, 5) is 11.5. The molecule has 3 aromatic heterocycles. The van der Waals surface area contributed by atoms with Gasteiger partial charge in [-0.2, -0.15) is 14.3 Å². The quantitative estimate of drug-likeness (QED) is 0.327. The molecule has 3 aromatic rings. The summed E-state index contributed by atoms with van der Waals surface area (Å²) < 4.78 is 28.5. The number of rotatable bonds is 9. The third-order valence-corrected chi connectivity index (χ3v) is 11.3. The number of fused-ring (bicyclic) bond motifs is 1. The molecule has 2 saturated carbocycles. The van der Waals surface area contributed by atoms with Crippen LogP contribution in [0, 0.1) is 5.92 Å². The lowest BCUT2D eigenvalue weighted by atomic mass is 9.85. The summed E-state index contributed by atoms with van der Waals surface area (Å²) in [5.41, 5.74) is 11.1. The van der Waals surface area contributed by atoms with Gasteiger partial charge < -0.3 is 21.3 Å². The summed E-state index contributed by atoms with van der Waals surface area (Å²) in [5, 5.41) is 16.0. The second kappa shape index (κ2) is 11.4. The van der Waals surface area contributed by atoms with E-state index in [4.69, 9.17) is 15.8 Å². The number of nitrogens with two attached hydrogens (primary N) is 1. The first-order valence-electron chi connectivity index (χ1n) is 15.8. The number of allylic oxidation sites excluding steroid dienone is 1. The fourth-order valence-electron chi connectivity index (χ4n) is 6.68. The Labute approximate surface area is 258 Å². The number of dihydropyridines is 1. The van der Waals surface area contributed by atoms with Crippen LogP contribution in [-0.4, -0.2) is 74.2 Å². The molecule has 0 bridgehead atoms. The minimum atomic E-state index is -3.48. The van der Waals surface area contributed by atoms with E-state index in [9.17, 15) is 8.42 Å². The molecule has 2 aliphatic heterocycles. The second-order valence-corrected chi connectivity index (χ2v) is 15.1. The van der Waals surface area contributed by atoms with Gasteiger partial charge in [-0.25, -0.2) is 18.4 Å². The maximum atomic E-state index is 12.7. The number of hydrogen-bond acceptors (Lipinski definition) is 10. The van der Waals surface area contributed by atoms with Crippen molar-refractivity contribution in [2.24, 2.45) is 11.7 Å². The normalized spacial score (nSPS) is 25.6. The Balaban J connectivity index is 1.18. The van der Waals surface area contributed by atoms with Crippen molar-refractivity contribution in [2.45, 2.75) is 81.3 Å². The van der Waals surface area contributed by atoms with Crippen LogP contribution in [0.4, 0.5) is 0 Å². The van der Waals surface area contributed by atoms with Crippen LogP contribution in [0.5, 0.6) is 0 Å². The van der Waals surface area contributed by atoms with E-state index >= 15 is 0 Å². The van der Waals surface area contributed by atoms with E-state index in [0.29, 0.717) is 36.0 Å². The van der Waals surface area contributed by atoms with Crippen molar-refractivity contribution in [3.63, 3.8) is 0 Å². The van der Waals surface area contributed by atoms with Crippen molar-refractivity contribution in [1.29, 1.82) is 0 Å². The summed E-state index contributed by atoms with van der Waals surface area (Å²) in [5.74, 6) is 1.08. The number of aryl methyl sites for hydroxylation is 2. The van der Waals surface area contributed by atoms with E-state index in [0.717, 1.165) is 65.7 Å². The first-order chi connectivity index (χ1) is 21.2. The van der Waals surface area contributed by atoms with Gasteiger partial charge >= 0.3 is 0 Å². The average molecular weight is 619 g/mol. The number of nitrogens with zero attached hydrogens (tertiary/aromatic N) is 7. The lowest BCUT2D eigenvalue weighted by Gasteiger charge is -2.36. The van der Waals surface area contributed by atoms with Gasteiger partial charge in [-0.1, -0.05) is 0 Å². The van der Waals surface area contributed by atoms with Gasteiger partial charge in [-0.3, -0.25) is 4.68 Å². The van der Waals surface area contributed by atoms with Gasteiger partial charge in [-0.15, -0.1) is 0 Å². The topological polar surface area (TPSA) is 149 Å². The van der Waals surface area contributed by atoms with Crippen LogP contribution < -0.4 is 16.4 Å². The maximum Gasteiger partial charge on any atom is 0.256 e. The molecule has 5 heterocycles. The van der Waals surface area contributed by atoms with Gasteiger partial charge in [-0.05, 0) is 96.0 Å². The van der Waals surface area contributed by atoms with Crippen LogP contribution in [0.2, 0.25) is 0 Å². The standard InChI is InChI=1S/C31H42N10O2S/c1-39(2)19-21-6-8-23(9-7-21)36-28-16-31(32,34-18-26(28)27-15-24-5-3-4-14-40(24)38-27)29-12-13-33-30(37-29)22-17-35-41(20-22)44(42,43)25-10-11-25/h12-13,15-18,20-21,23,25,34,36H,3-11,14,19,32H2,1-2H3. The number of nitrogens with one attached hydrogen (secondary N) is 2. The highest BCUT2D eigenvalue weighted by Crippen LogP contribution is 2.34. The molecule has 0 aromatic carbocycles. The van der Waals surface area contributed by atoms with Crippen molar-refractivity contribution in [3.8, 4) is 11.4 Å². The van der Waals surface area contributed by atoms with Crippen LogP contribution in [-0.2, 0) is 28.7 Å². The zero-order valence-corrected chi connectivity index (χ0v) is 26.3. The van der Waals surface area contributed by atoms with E-state index in [1.54, 1.807) is 12.3 Å². The van der Waals surface area contributed by atoms with Crippen molar-refractivity contribution in [1.82, 2.24) is 44.5 Å². The molecule has 2 aliphatic carbocycles. The minimum absolute atomic E-state index is 0.336. The van der Waals surface area contributed by atoms with Gasteiger partial charge in [0.1, 0.15) is 0 Å². The molecule has 13 heteroatoms. The van der Waals surface area contributed by atoms with Gasteiger partial charge in [0.25, 0.3) is 10.0 Å². The van der Waals surface area contributed by atoms with Crippen LogP contribution in [0.3, 0.4) is 0 Å². The molecule has 12 nitrogen and oxygen atoms in total. The largest absolute Gasteiger partial charge is 0.382 e. The van der Waals surface area contributed by atoms with E-state index in [1.165, 1.54) is 37.4 Å². The molecule has 7 rings (SSSR count). The predicted octanol–water partition coefficient (Wildman–Crippen LogP) is 2.56. The highest BCUT2D eigenvalue weighted by Gasteiger charge is 2.38. The average Bonchev–Trinajstić information content (AvgIpc) is 3.60. The fraction of sp³-hybridized carbons (Fsp3) is 0.548. The van der Waals surface area contributed by atoms with E-state index < -0.39 is 15.7 Å². The Morgan fingerprint density at radius 3 is 2.73 bits per heavy atom. The van der Waals surface area contributed by atoms with Gasteiger partial charge in [0.05, 0.1) is 34.6 Å². The Morgan fingerprint density at radius 2 is 1.98 bits per heavy atom. The Bertz CT molecular complexity index is 1670. The molecular formula is C31H42N10O2S. The number of hydrogen-bond donors (Lipinski definition) is 3. The van der Waals surface area contributed by atoms with E-state index in [2.05, 4.69) is 50.5 Å². The Morgan fingerprint density at radius 1 is 1.16 bits per heavy atom. The van der Waals surface area contributed by atoms with E-state index in [-0.39, 0.29) is 5.25 Å². The lowest BCUT2D eigenvalue weighted by molar-refractivity contribution is 0.240. The number of aromatic nitrogens is 6. The van der Waals surface area contributed by atoms with Crippen LogP contribution in [0.1, 0.15) is 68.4 Å². The predicted molar refractivity (Wildman–Crippen MR) is 168 cm³/mol. The molecule has 0 spiro atoms. The molecule has 4 N–H and O–H groups in total. The third-order valence-electron chi connectivity index (χ3n) is 9.24. The molecule has 0 saturated heterocycles. The Hall–Kier alpha value is -3.55. The van der Waals surface area contributed by atoms with Crippen LogP contribution >= 0.6 is 0 Å². The molecule has 234 valence electrons. The molecule has 4 aliphatic rings. The van der Waals surface area contributed by atoms with Gasteiger partial charge in [0, 0.05) is 48.5 Å². The van der Waals surface area contributed by atoms with Gasteiger partial charge in [0.2, 0.25) is 0 Å². The molecule has 44 heavy (non-hydrogen) atoms. The molecule has 1 unspecified atom stereocenters. The first kappa shape index (κ1) is 29.2.